The molecule has 6 heteroatoms. The zero-order valence-corrected chi connectivity index (χ0v) is 9.98. The SMILES string of the molecule is Cc1cc(Br)cnc1NC(=O)/C=C/C(=O)O. The molecule has 0 radical (unpaired) electrons. The van der Waals surface area contributed by atoms with Gasteiger partial charge in [-0.15, -0.1) is 0 Å². The van der Waals surface area contributed by atoms with E-state index in [9.17, 15) is 9.59 Å². The molecule has 0 atom stereocenters. The van der Waals surface area contributed by atoms with Crippen LogP contribution in [0.2, 0.25) is 0 Å². The van der Waals surface area contributed by atoms with Gasteiger partial charge in [0.15, 0.2) is 0 Å². The van der Waals surface area contributed by atoms with Crippen molar-refractivity contribution in [3.63, 3.8) is 0 Å². The van der Waals surface area contributed by atoms with Crippen molar-refractivity contribution in [1.82, 2.24) is 4.98 Å². The first-order valence-electron chi connectivity index (χ1n) is 4.33. The largest absolute Gasteiger partial charge is 0.478 e. The standard InChI is InChI=1S/C10H9BrN2O3/c1-6-4-7(11)5-12-10(6)13-8(14)2-3-9(15)16/h2-5H,1H3,(H,15,16)(H,12,13,14)/b3-2+. The Balaban J connectivity index is 2.73. The first kappa shape index (κ1) is 12.4. The number of aliphatic carboxylic acids is 1. The van der Waals surface area contributed by atoms with E-state index in [4.69, 9.17) is 5.11 Å². The molecular formula is C10H9BrN2O3. The van der Waals surface area contributed by atoms with Crippen LogP contribution in [0.25, 0.3) is 0 Å². The number of rotatable bonds is 3. The van der Waals surface area contributed by atoms with Crippen LogP contribution in [0.3, 0.4) is 0 Å². The van der Waals surface area contributed by atoms with Gasteiger partial charge in [-0.2, -0.15) is 0 Å². The molecule has 1 aromatic heterocycles. The topological polar surface area (TPSA) is 79.3 Å². The van der Waals surface area contributed by atoms with E-state index in [-0.39, 0.29) is 0 Å². The van der Waals surface area contributed by atoms with E-state index in [0.29, 0.717) is 5.82 Å². The van der Waals surface area contributed by atoms with Crippen LogP contribution in [-0.2, 0) is 9.59 Å². The van der Waals surface area contributed by atoms with Crippen LogP contribution in [0.5, 0.6) is 0 Å². The first-order chi connectivity index (χ1) is 7.49. The van der Waals surface area contributed by atoms with Crippen molar-refractivity contribution >= 4 is 33.6 Å². The van der Waals surface area contributed by atoms with Gasteiger partial charge in [-0.25, -0.2) is 9.78 Å². The van der Waals surface area contributed by atoms with Crippen LogP contribution in [-0.4, -0.2) is 22.0 Å². The molecule has 1 rings (SSSR count). The number of nitrogens with zero attached hydrogens (tertiary/aromatic N) is 1. The van der Waals surface area contributed by atoms with Gasteiger partial charge in [0.2, 0.25) is 5.91 Å². The lowest BCUT2D eigenvalue weighted by Gasteiger charge is -2.04. The summed E-state index contributed by atoms with van der Waals surface area (Å²) in [7, 11) is 0. The predicted molar refractivity (Wildman–Crippen MR) is 62.1 cm³/mol. The minimum atomic E-state index is -1.17. The molecule has 0 aliphatic heterocycles. The number of carbonyl (C=O) groups excluding carboxylic acids is 1. The maximum absolute atomic E-state index is 11.2. The summed E-state index contributed by atoms with van der Waals surface area (Å²) in [5, 5.41) is 10.8. The normalized spacial score (nSPS) is 10.4. The van der Waals surface area contributed by atoms with Gasteiger partial charge in [-0.3, -0.25) is 4.79 Å². The number of nitrogens with one attached hydrogen (secondary N) is 1. The Bertz CT molecular complexity index is 457. The number of aryl methyl sites for hydroxylation is 1. The molecule has 1 heterocycles. The van der Waals surface area contributed by atoms with Gasteiger partial charge in [0.1, 0.15) is 5.82 Å². The third-order valence-electron chi connectivity index (χ3n) is 1.66. The first-order valence-corrected chi connectivity index (χ1v) is 5.12. The van der Waals surface area contributed by atoms with Gasteiger partial charge in [-0.1, -0.05) is 0 Å². The van der Waals surface area contributed by atoms with Crippen molar-refractivity contribution in [2.45, 2.75) is 6.92 Å². The van der Waals surface area contributed by atoms with E-state index < -0.39 is 11.9 Å². The number of anilines is 1. The number of aromatic nitrogens is 1. The molecule has 0 aliphatic carbocycles. The average molecular weight is 285 g/mol. The molecule has 0 unspecified atom stereocenters. The third-order valence-corrected chi connectivity index (χ3v) is 2.10. The summed E-state index contributed by atoms with van der Waals surface area (Å²) in [6, 6.07) is 1.80. The smallest absolute Gasteiger partial charge is 0.328 e. The molecule has 0 spiro atoms. The lowest BCUT2D eigenvalue weighted by atomic mass is 10.3. The van der Waals surface area contributed by atoms with Gasteiger partial charge < -0.3 is 10.4 Å². The minimum Gasteiger partial charge on any atom is -0.478 e. The van der Waals surface area contributed by atoms with E-state index in [2.05, 4.69) is 26.2 Å². The van der Waals surface area contributed by atoms with Crippen LogP contribution in [0, 0.1) is 6.92 Å². The molecule has 1 aromatic rings. The number of amides is 1. The monoisotopic (exact) mass is 284 g/mol. The third kappa shape index (κ3) is 3.82. The zero-order chi connectivity index (χ0) is 12.1. The Labute approximate surface area is 100 Å². The number of carboxylic acids is 1. The van der Waals surface area contributed by atoms with E-state index in [1.807, 2.05) is 0 Å². The number of carbonyl (C=O) groups is 2. The van der Waals surface area contributed by atoms with Gasteiger partial charge >= 0.3 is 5.97 Å². The number of carboxylic acid groups (broad SMARTS) is 1. The van der Waals surface area contributed by atoms with Crippen LogP contribution < -0.4 is 5.32 Å². The van der Waals surface area contributed by atoms with Crippen molar-refractivity contribution in [1.29, 1.82) is 0 Å². The molecular weight excluding hydrogens is 276 g/mol. The molecule has 2 N–H and O–H groups in total. The molecule has 16 heavy (non-hydrogen) atoms. The Morgan fingerprint density at radius 2 is 2.19 bits per heavy atom. The Morgan fingerprint density at radius 1 is 1.50 bits per heavy atom. The Kier molecular flexibility index (Phi) is 4.19. The minimum absolute atomic E-state index is 0.406. The second-order valence-electron chi connectivity index (χ2n) is 2.98. The average Bonchev–Trinajstić information content (AvgIpc) is 2.19. The molecule has 0 fully saturated rings. The molecule has 0 saturated carbocycles. The van der Waals surface area contributed by atoms with Crippen LogP contribution >= 0.6 is 15.9 Å². The number of halogens is 1. The lowest BCUT2D eigenvalue weighted by Crippen LogP contribution is -2.11. The molecule has 0 bridgehead atoms. The summed E-state index contributed by atoms with van der Waals surface area (Å²) in [4.78, 5) is 25.4. The van der Waals surface area contributed by atoms with Crippen molar-refractivity contribution in [3.05, 3.63) is 34.5 Å². The second kappa shape index (κ2) is 5.41. The summed E-state index contributed by atoms with van der Waals surface area (Å²) < 4.78 is 0.809. The summed E-state index contributed by atoms with van der Waals surface area (Å²) in [6.07, 6.45) is 3.25. The van der Waals surface area contributed by atoms with Crippen LogP contribution in [0.1, 0.15) is 5.56 Å². The number of hydrogen-bond acceptors (Lipinski definition) is 3. The molecule has 1 amide bonds. The van der Waals surface area contributed by atoms with Crippen LogP contribution in [0.4, 0.5) is 5.82 Å². The molecule has 5 nitrogen and oxygen atoms in total. The van der Waals surface area contributed by atoms with E-state index in [0.717, 1.165) is 22.2 Å². The van der Waals surface area contributed by atoms with Gasteiger partial charge in [0, 0.05) is 22.8 Å². The fourth-order valence-corrected chi connectivity index (χ4v) is 1.42. The number of pyridine rings is 1. The summed E-state index contributed by atoms with van der Waals surface area (Å²) in [6.45, 7) is 1.79. The summed E-state index contributed by atoms with van der Waals surface area (Å²) in [5.41, 5.74) is 0.784. The maximum Gasteiger partial charge on any atom is 0.328 e. The highest BCUT2D eigenvalue weighted by Gasteiger charge is 2.03. The summed E-state index contributed by atoms with van der Waals surface area (Å²) in [5.74, 6) is -1.29. The van der Waals surface area contributed by atoms with Crippen molar-refractivity contribution < 1.29 is 14.7 Å². The molecule has 0 aromatic carbocycles. The van der Waals surface area contributed by atoms with Crippen LogP contribution in [0.15, 0.2) is 28.9 Å². The summed E-state index contributed by atoms with van der Waals surface area (Å²) >= 11 is 3.25. The van der Waals surface area contributed by atoms with Crippen molar-refractivity contribution in [3.8, 4) is 0 Å². The Morgan fingerprint density at radius 3 is 2.75 bits per heavy atom. The van der Waals surface area contributed by atoms with Crippen molar-refractivity contribution in [2.24, 2.45) is 0 Å². The van der Waals surface area contributed by atoms with E-state index in [1.165, 1.54) is 0 Å². The Hall–Kier alpha value is -1.69. The van der Waals surface area contributed by atoms with Crippen molar-refractivity contribution in [2.75, 3.05) is 5.32 Å². The molecule has 0 saturated heterocycles. The molecule has 84 valence electrons. The van der Waals surface area contributed by atoms with Gasteiger partial charge in [0.05, 0.1) is 0 Å². The predicted octanol–water partition coefficient (Wildman–Crippen LogP) is 1.73. The fraction of sp³-hybridized carbons (Fsp3) is 0.100. The quantitative estimate of drug-likeness (QED) is 0.829. The highest BCUT2D eigenvalue weighted by atomic mass is 79.9. The maximum atomic E-state index is 11.2. The molecule has 0 aliphatic rings. The van der Waals surface area contributed by atoms with Gasteiger partial charge in [0.25, 0.3) is 0 Å². The second-order valence-corrected chi connectivity index (χ2v) is 3.90. The number of hydrogen-bond donors (Lipinski definition) is 2. The highest BCUT2D eigenvalue weighted by molar-refractivity contribution is 9.10. The zero-order valence-electron chi connectivity index (χ0n) is 8.40. The van der Waals surface area contributed by atoms with E-state index >= 15 is 0 Å². The lowest BCUT2D eigenvalue weighted by molar-refractivity contribution is -0.131. The van der Waals surface area contributed by atoms with E-state index in [1.54, 1.807) is 19.2 Å². The fourth-order valence-electron chi connectivity index (χ4n) is 0.977. The highest BCUT2D eigenvalue weighted by Crippen LogP contribution is 2.16. The van der Waals surface area contributed by atoms with Gasteiger partial charge in [-0.05, 0) is 34.5 Å².